The number of pyridine rings is 1. The van der Waals surface area contributed by atoms with Gasteiger partial charge < -0.3 is 15.2 Å². The number of nitrogens with zero attached hydrogens (tertiary/aromatic N) is 5. The van der Waals surface area contributed by atoms with Crippen molar-refractivity contribution in [3.05, 3.63) is 68.9 Å². The van der Waals surface area contributed by atoms with E-state index in [-0.39, 0.29) is 33.7 Å². The molecular weight excluding hydrogens is 492 g/mol. The fraction of sp³-hybridized carbons (Fsp3) is 0.333. The van der Waals surface area contributed by atoms with Crippen LogP contribution in [0, 0.1) is 11.8 Å². The lowest BCUT2D eigenvalue weighted by atomic mass is 10.1. The Bertz CT molecular complexity index is 1560. The summed E-state index contributed by atoms with van der Waals surface area (Å²) in [5.74, 6) is -1.56. The number of hydrogen-bond donors (Lipinski definition) is 2. The molecule has 36 heavy (non-hydrogen) atoms. The van der Waals surface area contributed by atoms with E-state index in [0.717, 1.165) is 12.8 Å². The quantitative estimate of drug-likeness (QED) is 0.398. The van der Waals surface area contributed by atoms with Gasteiger partial charge in [-0.2, -0.15) is 9.49 Å². The van der Waals surface area contributed by atoms with E-state index in [9.17, 15) is 14.0 Å². The molecule has 12 heteroatoms. The second kappa shape index (κ2) is 8.82. The molecule has 1 amide bonds. The SMILES string of the molecule is O=C(NC1CC1)c1ccc(N2CCN(Cc3ccc4c([nH]c(=O)c5c(Cl)cnn54)c3F)CC2)c(F)n1. The summed E-state index contributed by atoms with van der Waals surface area (Å²) in [5, 5.41) is 7.09. The number of halogens is 3. The molecule has 3 aromatic heterocycles. The van der Waals surface area contributed by atoms with Crippen LogP contribution in [0.4, 0.5) is 14.5 Å². The zero-order valence-corrected chi connectivity index (χ0v) is 19.9. The zero-order chi connectivity index (χ0) is 25.0. The van der Waals surface area contributed by atoms with Crippen LogP contribution in [-0.2, 0) is 6.54 Å². The summed E-state index contributed by atoms with van der Waals surface area (Å²) >= 11 is 6.03. The fourth-order valence-electron chi connectivity index (χ4n) is 4.58. The molecule has 186 valence electrons. The van der Waals surface area contributed by atoms with Crippen LogP contribution < -0.4 is 15.8 Å². The van der Waals surface area contributed by atoms with Gasteiger partial charge in [-0.1, -0.05) is 17.7 Å². The third-order valence-corrected chi connectivity index (χ3v) is 6.96. The molecule has 1 aliphatic carbocycles. The van der Waals surface area contributed by atoms with Crippen LogP contribution in [-0.4, -0.2) is 62.6 Å². The molecule has 0 bridgehead atoms. The predicted octanol–water partition coefficient (Wildman–Crippen LogP) is 2.72. The summed E-state index contributed by atoms with van der Waals surface area (Å²) in [6.07, 6.45) is 3.24. The molecule has 1 saturated carbocycles. The average Bonchev–Trinajstić information content (AvgIpc) is 3.60. The zero-order valence-electron chi connectivity index (χ0n) is 19.1. The Labute approximate surface area is 208 Å². The maximum absolute atomic E-state index is 15.3. The van der Waals surface area contributed by atoms with Gasteiger partial charge in [-0.25, -0.2) is 13.9 Å². The van der Waals surface area contributed by atoms with E-state index in [1.807, 2.05) is 4.90 Å². The number of piperazine rings is 1. The van der Waals surface area contributed by atoms with Gasteiger partial charge >= 0.3 is 0 Å². The minimum absolute atomic E-state index is 0.0706. The molecule has 2 fully saturated rings. The number of amides is 1. The second-order valence-electron chi connectivity index (χ2n) is 9.16. The minimum atomic E-state index is -0.679. The van der Waals surface area contributed by atoms with Crippen molar-refractivity contribution in [2.24, 2.45) is 0 Å². The third-order valence-electron chi connectivity index (χ3n) is 6.69. The highest BCUT2D eigenvalue weighted by Gasteiger charge is 2.26. The third kappa shape index (κ3) is 4.07. The molecule has 1 aromatic carbocycles. The number of hydrogen-bond acceptors (Lipinski definition) is 6. The van der Waals surface area contributed by atoms with Gasteiger partial charge in [-0.3, -0.25) is 14.5 Å². The van der Waals surface area contributed by atoms with E-state index in [1.54, 1.807) is 18.2 Å². The highest BCUT2D eigenvalue weighted by atomic mass is 35.5. The van der Waals surface area contributed by atoms with Crippen LogP contribution in [0.2, 0.25) is 5.02 Å². The number of rotatable bonds is 5. The largest absolute Gasteiger partial charge is 0.365 e. The molecule has 1 saturated heterocycles. The molecule has 1 aliphatic heterocycles. The molecule has 0 unspecified atom stereocenters. The minimum Gasteiger partial charge on any atom is -0.365 e. The number of anilines is 1. The first-order chi connectivity index (χ1) is 17.4. The standard InChI is InChI=1S/C24H22ClF2N7O2/c25-15-11-28-34-17-5-1-13(19(26)20(17)31-24(36)21(15)34)12-32-7-9-33(10-8-32)18-6-4-16(30-22(18)27)23(35)29-14-2-3-14/h1,4-6,11,14H,2-3,7-10,12H2,(H,29,35)(H,31,36). The topological polar surface area (TPSA) is 98.6 Å². The van der Waals surface area contributed by atoms with E-state index in [1.165, 1.54) is 16.8 Å². The summed E-state index contributed by atoms with van der Waals surface area (Å²) in [6.45, 7) is 2.52. The van der Waals surface area contributed by atoms with Gasteiger partial charge in [0.05, 0.1) is 22.4 Å². The van der Waals surface area contributed by atoms with Gasteiger partial charge in [0.1, 0.15) is 11.2 Å². The van der Waals surface area contributed by atoms with Crippen LogP contribution in [0.1, 0.15) is 28.9 Å². The van der Waals surface area contributed by atoms with Crippen molar-refractivity contribution in [3.63, 3.8) is 0 Å². The first kappa shape index (κ1) is 22.9. The molecule has 2 aliphatic rings. The van der Waals surface area contributed by atoms with Gasteiger partial charge in [-0.15, -0.1) is 0 Å². The van der Waals surface area contributed by atoms with Gasteiger partial charge in [0, 0.05) is 44.3 Å². The number of aromatic amines is 1. The Morgan fingerprint density at radius 1 is 1.14 bits per heavy atom. The summed E-state index contributed by atoms with van der Waals surface area (Å²) in [6, 6.07) is 6.68. The number of aromatic nitrogens is 4. The van der Waals surface area contributed by atoms with Crippen molar-refractivity contribution in [2.75, 3.05) is 31.1 Å². The second-order valence-corrected chi connectivity index (χ2v) is 9.56. The fourth-order valence-corrected chi connectivity index (χ4v) is 4.79. The van der Waals surface area contributed by atoms with E-state index >= 15 is 4.39 Å². The molecule has 2 N–H and O–H groups in total. The number of fused-ring (bicyclic) bond motifs is 3. The maximum Gasteiger partial charge on any atom is 0.276 e. The first-order valence-corrected chi connectivity index (χ1v) is 12.1. The number of carbonyl (C=O) groups excluding carboxylic acids is 1. The summed E-state index contributed by atoms with van der Waals surface area (Å²) in [7, 11) is 0. The van der Waals surface area contributed by atoms with Crippen LogP contribution >= 0.6 is 11.6 Å². The van der Waals surface area contributed by atoms with E-state index in [4.69, 9.17) is 11.6 Å². The molecule has 9 nitrogen and oxygen atoms in total. The Morgan fingerprint density at radius 2 is 1.92 bits per heavy atom. The molecule has 6 rings (SSSR count). The van der Waals surface area contributed by atoms with Crippen LogP contribution in [0.5, 0.6) is 0 Å². The van der Waals surface area contributed by atoms with Crippen molar-refractivity contribution in [1.29, 1.82) is 0 Å². The average molecular weight is 514 g/mol. The van der Waals surface area contributed by atoms with Crippen molar-refractivity contribution in [1.82, 2.24) is 29.8 Å². The highest BCUT2D eigenvalue weighted by Crippen LogP contribution is 2.25. The lowest BCUT2D eigenvalue weighted by molar-refractivity contribution is 0.0945. The van der Waals surface area contributed by atoms with Gasteiger partial charge in [0.15, 0.2) is 11.3 Å². The molecule has 0 spiro atoms. The van der Waals surface area contributed by atoms with Crippen LogP contribution in [0.15, 0.2) is 35.3 Å². The summed E-state index contributed by atoms with van der Waals surface area (Å²) in [5.41, 5.74) is 0.993. The smallest absolute Gasteiger partial charge is 0.276 e. The predicted molar refractivity (Wildman–Crippen MR) is 130 cm³/mol. The number of nitrogens with one attached hydrogen (secondary N) is 2. The van der Waals surface area contributed by atoms with E-state index < -0.39 is 17.3 Å². The van der Waals surface area contributed by atoms with Crippen molar-refractivity contribution in [2.45, 2.75) is 25.4 Å². The van der Waals surface area contributed by atoms with Crippen LogP contribution in [0.25, 0.3) is 16.6 Å². The summed E-state index contributed by atoms with van der Waals surface area (Å²) < 4.78 is 31.4. The van der Waals surface area contributed by atoms with Gasteiger partial charge in [-0.05, 0) is 31.0 Å². The number of carbonyl (C=O) groups is 1. The normalized spacial score (nSPS) is 16.7. The Balaban J connectivity index is 1.15. The maximum atomic E-state index is 15.3. The number of H-pyrrole nitrogens is 1. The van der Waals surface area contributed by atoms with E-state index in [2.05, 4.69) is 25.3 Å². The molecule has 0 radical (unpaired) electrons. The Hall–Kier alpha value is -3.57. The summed E-state index contributed by atoms with van der Waals surface area (Å²) in [4.78, 5) is 34.9. The lowest BCUT2D eigenvalue weighted by Crippen LogP contribution is -2.46. The molecule has 4 aromatic rings. The monoisotopic (exact) mass is 513 g/mol. The highest BCUT2D eigenvalue weighted by molar-refractivity contribution is 6.33. The molecular formula is C24H22ClF2N7O2. The Morgan fingerprint density at radius 3 is 2.64 bits per heavy atom. The van der Waals surface area contributed by atoms with Crippen molar-refractivity contribution >= 4 is 39.7 Å². The van der Waals surface area contributed by atoms with E-state index in [0.29, 0.717) is 49.5 Å². The van der Waals surface area contributed by atoms with Crippen molar-refractivity contribution < 1.29 is 13.6 Å². The lowest BCUT2D eigenvalue weighted by Gasteiger charge is -2.36. The van der Waals surface area contributed by atoms with Crippen molar-refractivity contribution in [3.8, 4) is 0 Å². The first-order valence-electron chi connectivity index (χ1n) is 11.7. The molecule has 4 heterocycles. The van der Waals surface area contributed by atoms with Crippen LogP contribution in [0.3, 0.4) is 0 Å². The van der Waals surface area contributed by atoms with Gasteiger partial charge in [0.2, 0.25) is 5.95 Å². The Kier molecular flexibility index (Phi) is 5.60. The number of benzene rings is 1. The molecule has 0 atom stereocenters. The van der Waals surface area contributed by atoms with Gasteiger partial charge in [0.25, 0.3) is 11.5 Å².